The Bertz CT molecular complexity index is 737. The molecular weight excluding hydrogens is 360 g/mol. The third-order valence-corrected chi connectivity index (χ3v) is 5.18. The van der Waals surface area contributed by atoms with Gasteiger partial charge in [-0.2, -0.15) is 0 Å². The first kappa shape index (κ1) is 21.8. The number of amides is 1. The summed E-state index contributed by atoms with van der Waals surface area (Å²) >= 11 is 6.10. The molecule has 1 aromatic rings. The SMILES string of the molecule is Cc1c(Cl)cccc1N(CC(=O)NC(C)(C)CC(C)(C)C)S(C)(=O)=O. The average Bonchev–Trinajstić information content (AvgIpc) is 2.34. The van der Waals surface area contributed by atoms with E-state index in [1.165, 1.54) is 0 Å². The predicted molar refractivity (Wildman–Crippen MR) is 105 cm³/mol. The average molecular weight is 389 g/mol. The smallest absolute Gasteiger partial charge is 0.241 e. The molecule has 1 amide bonds. The van der Waals surface area contributed by atoms with Crippen molar-refractivity contribution in [2.75, 3.05) is 17.1 Å². The van der Waals surface area contributed by atoms with Crippen LogP contribution >= 0.6 is 11.6 Å². The van der Waals surface area contributed by atoms with Crippen molar-refractivity contribution in [1.82, 2.24) is 5.32 Å². The second-order valence-electron chi connectivity index (χ2n) is 8.32. The highest BCUT2D eigenvalue weighted by Gasteiger charge is 2.29. The second kappa shape index (κ2) is 7.54. The summed E-state index contributed by atoms with van der Waals surface area (Å²) in [5, 5.41) is 3.40. The molecule has 7 heteroatoms. The Kier molecular flexibility index (Phi) is 6.57. The first-order valence-electron chi connectivity index (χ1n) is 8.16. The number of carbonyl (C=O) groups excluding carboxylic acids is 1. The van der Waals surface area contributed by atoms with Crippen molar-refractivity contribution >= 4 is 33.2 Å². The summed E-state index contributed by atoms with van der Waals surface area (Å²) in [5.74, 6) is -0.348. The fourth-order valence-electron chi connectivity index (χ4n) is 3.16. The Labute approximate surface area is 156 Å². The third kappa shape index (κ3) is 6.86. The molecule has 1 aromatic carbocycles. The van der Waals surface area contributed by atoms with Gasteiger partial charge in [-0.25, -0.2) is 8.42 Å². The minimum atomic E-state index is -3.63. The minimum absolute atomic E-state index is 0.0385. The van der Waals surface area contributed by atoms with Crippen molar-refractivity contribution in [3.63, 3.8) is 0 Å². The van der Waals surface area contributed by atoms with Crippen LogP contribution in [-0.4, -0.2) is 32.7 Å². The Hall–Kier alpha value is -1.27. The van der Waals surface area contributed by atoms with Gasteiger partial charge in [-0.1, -0.05) is 38.4 Å². The standard InChI is InChI=1S/C18H29ClN2O3S/c1-13-14(19)9-8-10-15(13)21(25(7,23)24)11-16(22)20-18(5,6)12-17(2,3)4/h8-10H,11-12H2,1-7H3,(H,20,22). The van der Waals surface area contributed by atoms with Gasteiger partial charge in [0.25, 0.3) is 0 Å². The van der Waals surface area contributed by atoms with Gasteiger partial charge in [-0.15, -0.1) is 0 Å². The number of benzene rings is 1. The number of nitrogens with one attached hydrogen (secondary N) is 1. The van der Waals surface area contributed by atoms with Crippen LogP contribution in [0, 0.1) is 12.3 Å². The minimum Gasteiger partial charge on any atom is -0.350 e. The number of sulfonamides is 1. The van der Waals surface area contributed by atoms with E-state index in [9.17, 15) is 13.2 Å². The monoisotopic (exact) mass is 388 g/mol. The van der Waals surface area contributed by atoms with E-state index >= 15 is 0 Å². The van der Waals surface area contributed by atoms with E-state index in [0.29, 0.717) is 16.3 Å². The Morgan fingerprint density at radius 1 is 1.20 bits per heavy atom. The van der Waals surface area contributed by atoms with Gasteiger partial charge in [-0.3, -0.25) is 9.10 Å². The Morgan fingerprint density at radius 2 is 1.76 bits per heavy atom. The summed E-state index contributed by atoms with van der Waals surface area (Å²) in [5.41, 5.74) is 0.633. The van der Waals surface area contributed by atoms with Crippen molar-refractivity contribution in [3.05, 3.63) is 28.8 Å². The normalized spacial score (nSPS) is 12.8. The molecule has 0 aliphatic carbocycles. The van der Waals surface area contributed by atoms with E-state index < -0.39 is 15.6 Å². The zero-order valence-corrected chi connectivity index (χ0v) is 17.7. The molecule has 0 saturated heterocycles. The van der Waals surface area contributed by atoms with Gasteiger partial charge < -0.3 is 5.32 Å². The maximum Gasteiger partial charge on any atom is 0.241 e. The van der Waals surface area contributed by atoms with Crippen LogP contribution in [0.25, 0.3) is 0 Å². The number of carbonyl (C=O) groups is 1. The lowest BCUT2D eigenvalue weighted by Crippen LogP contribution is -2.50. The Balaban J connectivity index is 3.05. The summed E-state index contributed by atoms with van der Waals surface area (Å²) in [6, 6.07) is 5.01. The van der Waals surface area contributed by atoms with Gasteiger partial charge in [0, 0.05) is 10.6 Å². The molecule has 1 rings (SSSR count). The van der Waals surface area contributed by atoms with Gasteiger partial charge in [0.15, 0.2) is 0 Å². The highest BCUT2D eigenvalue weighted by atomic mass is 35.5. The number of rotatable bonds is 6. The number of nitrogens with zero attached hydrogens (tertiary/aromatic N) is 1. The highest BCUT2D eigenvalue weighted by molar-refractivity contribution is 7.92. The Morgan fingerprint density at radius 3 is 2.24 bits per heavy atom. The first-order valence-corrected chi connectivity index (χ1v) is 10.4. The van der Waals surface area contributed by atoms with Crippen LogP contribution < -0.4 is 9.62 Å². The van der Waals surface area contributed by atoms with Crippen molar-refractivity contribution in [2.45, 2.75) is 53.5 Å². The fourth-order valence-corrected chi connectivity index (χ4v) is 4.24. The van der Waals surface area contributed by atoms with Crippen LogP contribution in [0.4, 0.5) is 5.69 Å². The molecule has 0 unspecified atom stereocenters. The lowest BCUT2D eigenvalue weighted by atomic mass is 9.82. The van der Waals surface area contributed by atoms with Crippen molar-refractivity contribution in [3.8, 4) is 0 Å². The molecule has 0 aliphatic rings. The molecule has 1 N–H and O–H groups in total. The van der Waals surface area contributed by atoms with E-state index in [1.54, 1.807) is 25.1 Å². The number of hydrogen-bond donors (Lipinski definition) is 1. The molecule has 0 radical (unpaired) electrons. The maximum absolute atomic E-state index is 12.5. The van der Waals surface area contributed by atoms with Crippen LogP contribution in [0.15, 0.2) is 18.2 Å². The van der Waals surface area contributed by atoms with Crippen LogP contribution in [0.5, 0.6) is 0 Å². The molecule has 0 saturated carbocycles. The molecule has 0 bridgehead atoms. The zero-order chi connectivity index (χ0) is 19.6. The maximum atomic E-state index is 12.5. The molecule has 0 atom stereocenters. The summed E-state index contributed by atoms with van der Waals surface area (Å²) in [6.45, 7) is 11.6. The molecule has 0 spiro atoms. The molecule has 0 aromatic heterocycles. The summed E-state index contributed by atoms with van der Waals surface area (Å²) in [4.78, 5) is 12.5. The molecule has 0 heterocycles. The van der Waals surface area contributed by atoms with Crippen LogP contribution in [-0.2, 0) is 14.8 Å². The topological polar surface area (TPSA) is 66.5 Å². The molecule has 25 heavy (non-hydrogen) atoms. The van der Waals surface area contributed by atoms with Gasteiger partial charge in [0.2, 0.25) is 15.9 Å². The van der Waals surface area contributed by atoms with Crippen molar-refractivity contribution in [1.29, 1.82) is 0 Å². The zero-order valence-electron chi connectivity index (χ0n) is 16.1. The van der Waals surface area contributed by atoms with Crippen LogP contribution in [0.1, 0.15) is 46.6 Å². The molecule has 0 fully saturated rings. The highest BCUT2D eigenvalue weighted by Crippen LogP contribution is 2.29. The van der Waals surface area contributed by atoms with E-state index in [1.807, 2.05) is 13.8 Å². The fraction of sp³-hybridized carbons (Fsp3) is 0.611. The molecule has 5 nitrogen and oxygen atoms in total. The molecular formula is C18H29ClN2O3S. The lowest BCUT2D eigenvalue weighted by molar-refractivity contribution is -0.121. The second-order valence-corrected chi connectivity index (χ2v) is 10.6. The van der Waals surface area contributed by atoms with Crippen LogP contribution in [0.3, 0.4) is 0 Å². The summed E-state index contributed by atoms with van der Waals surface area (Å²) in [7, 11) is -3.63. The number of halogens is 1. The van der Waals surface area contributed by atoms with Gasteiger partial charge in [0.1, 0.15) is 6.54 Å². The van der Waals surface area contributed by atoms with Crippen molar-refractivity contribution < 1.29 is 13.2 Å². The quantitative estimate of drug-likeness (QED) is 0.807. The third-order valence-electron chi connectivity index (χ3n) is 3.65. The van der Waals surface area contributed by atoms with Crippen LogP contribution in [0.2, 0.25) is 5.02 Å². The summed E-state index contributed by atoms with van der Waals surface area (Å²) < 4.78 is 25.6. The van der Waals surface area contributed by atoms with Gasteiger partial charge in [0.05, 0.1) is 11.9 Å². The molecule has 142 valence electrons. The van der Waals surface area contributed by atoms with E-state index in [2.05, 4.69) is 26.1 Å². The first-order chi connectivity index (χ1) is 11.1. The van der Waals surface area contributed by atoms with E-state index in [4.69, 9.17) is 11.6 Å². The summed E-state index contributed by atoms with van der Waals surface area (Å²) in [6.07, 6.45) is 1.85. The molecule has 0 aliphatic heterocycles. The van der Waals surface area contributed by atoms with Gasteiger partial charge in [-0.05, 0) is 50.3 Å². The largest absolute Gasteiger partial charge is 0.350 e. The van der Waals surface area contributed by atoms with Gasteiger partial charge >= 0.3 is 0 Å². The number of hydrogen-bond acceptors (Lipinski definition) is 3. The number of anilines is 1. The van der Waals surface area contributed by atoms with Crippen molar-refractivity contribution in [2.24, 2.45) is 5.41 Å². The predicted octanol–water partition coefficient (Wildman–Crippen LogP) is 3.75. The lowest BCUT2D eigenvalue weighted by Gasteiger charge is -2.34. The van der Waals surface area contributed by atoms with E-state index in [-0.39, 0.29) is 17.9 Å². The van der Waals surface area contributed by atoms with E-state index in [0.717, 1.165) is 17.0 Å².